The molecular formula is C29H24ClF3N6O4S2. The molecule has 4 aromatic rings. The molecule has 234 valence electrons. The van der Waals surface area contributed by atoms with Crippen molar-refractivity contribution in [2.75, 3.05) is 13.7 Å². The molecular weight excluding hydrogens is 653 g/mol. The number of hydrogen-bond acceptors (Lipinski definition) is 9. The highest BCUT2D eigenvalue weighted by Gasteiger charge is 2.42. The molecule has 0 aliphatic carbocycles. The number of ether oxygens (including phenoxy) is 1. The molecule has 45 heavy (non-hydrogen) atoms. The Hall–Kier alpha value is -4.05. The number of fused-ring (bicyclic) bond motifs is 1. The molecule has 16 heteroatoms. The van der Waals surface area contributed by atoms with Gasteiger partial charge in [0.25, 0.3) is 0 Å². The number of rotatable bonds is 8. The lowest BCUT2D eigenvalue weighted by molar-refractivity contribution is 0.0563. The van der Waals surface area contributed by atoms with Gasteiger partial charge in [-0.2, -0.15) is 13.9 Å². The highest BCUT2D eigenvalue weighted by molar-refractivity contribution is 7.89. The van der Waals surface area contributed by atoms with E-state index in [1.165, 1.54) is 54.8 Å². The van der Waals surface area contributed by atoms with E-state index in [1.54, 1.807) is 23.4 Å². The largest absolute Gasteiger partial charge is 0.465 e. The van der Waals surface area contributed by atoms with Crippen molar-refractivity contribution in [2.45, 2.75) is 36.9 Å². The maximum absolute atomic E-state index is 14.1. The number of carbonyl (C=O) groups is 1. The van der Waals surface area contributed by atoms with E-state index in [1.807, 2.05) is 0 Å². The third kappa shape index (κ3) is 5.88. The second-order valence-corrected chi connectivity index (χ2v) is 13.3. The number of amidine groups is 1. The number of aliphatic imine (C=N–C) groups is 1. The zero-order valence-corrected chi connectivity index (χ0v) is 26.0. The quantitative estimate of drug-likeness (QED) is 0.242. The van der Waals surface area contributed by atoms with E-state index < -0.39 is 40.4 Å². The summed E-state index contributed by atoms with van der Waals surface area (Å²) in [5.74, 6) is -0.839. The molecule has 2 aromatic heterocycles. The summed E-state index contributed by atoms with van der Waals surface area (Å²) in [6, 6.07) is 7.87. The van der Waals surface area contributed by atoms with Gasteiger partial charge in [0.15, 0.2) is 10.8 Å². The van der Waals surface area contributed by atoms with Gasteiger partial charge in [0.1, 0.15) is 11.9 Å². The summed E-state index contributed by atoms with van der Waals surface area (Å²) in [6.45, 7) is -1.18. The zero-order valence-electron chi connectivity index (χ0n) is 23.6. The predicted molar refractivity (Wildman–Crippen MR) is 161 cm³/mol. The van der Waals surface area contributed by atoms with Crippen LogP contribution in [0, 0.1) is 12.7 Å². The highest BCUT2D eigenvalue weighted by atomic mass is 35.5. The number of nitrogens with one attached hydrogen (secondary N) is 1. The lowest BCUT2D eigenvalue weighted by atomic mass is 9.92. The molecule has 0 amide bonds. The van der Waals surface area contributed by atoms with Crippen LogP contribution in [-0.2, 0) is 14.8 Å². The number of aromatic nitrogens is 3. The number of aryl methyl sites for hydroxylation is 1. The zero-order chi connectivity index (χ0) is 32.0. The number of carbonyl (C=O) groups excluding carboxylic acids is 1. The molecule has 2 atom stereocenters. The van der Waals surface area contributed by atoms with E-state index in [2.05, 4.69) is 14.8 Å². The van der Waals surface area contributed by atoms with Crippen LogP contribution < -0.4 is 4.72 Å². The van der Waals surface area contributed by atoms with Crippen LogP contribution in [0.15, 0.2) is 75.8 Å². The van der Waals surface area contributed by atoms with E-state index >= 15 is 0 Å². The first kappa shape index (κ1) is 31.0. The van der Waals surface area contributed by atoms with Gasteiger partial charge < -0.3 is 9.64 Å². The minimum absolute atomic E-state index is 0.0679. The van der Waals surface area contributed by atoms with Crippen molar-refractivity contribution < 1.29 is 31.1 Å². The monoisotopic (exact) mass is 676 g/mol. The van der Waals surface area contributed by atoms with Gasteiger partial charge in [-0.25, -0.2) is 32.0 Å². The first-order chi connectivity index (χ1) is 21.5. The van der Waals surface area contributed by atoms with Crippen molar-refractivity contribution >= 4 is 50.3 Å². The second-order valence-electron chi connectivity index (χ2n) is 10.3. The Morgan fingerprint density at radius 3 is 2.67 bits per heavy atom. The average Bonchev–Trinajstić information content (AvgIpc) is 3.77. The molecule has 0 bridgehead atoms. The predicted octanol–water partition coefficient (Wildman–Crippen LogP) is 5.59. The molecule has 6 rings (SSSR count). The summed E-state index contributed by atoms with van der Waals surface area (Å²) < 4.78 is 76.7. The molecule has 2 aliphatic heterocycles. The van der Waals surface area contributed by atoms with Crippen LogP contribution in [0.5, 0.6) is 0 Å². The topological polar surface area (TPSA) is 119 Å². The number of nitrogens with zero attached hydrogens (tertiary/aromatic N) is 5. The number of benzene rings is 2. The molecule has 0 radical (unpaired) electrons. The molecule has 2 aromatic carbocycles. The van der Waals surface area contributed by atoms with E-state index in [0.29, 0.717) is 37.9 Å². The number of halogens is 4. The molecule has 1 fully saturated rings. The standard InChI is InChI=1S/C29H24ClF3N6O4S2/c1-15-3-4-16(28(40)43-2)11-23(15)45(41,42)37-18-13-22-24(21-7-9-39(36-21)29(32)33)25(19-6-5-17(31)12-20(19)30)35-26(38(22)14-18)27-34-8-10-44-27/h3-12,18,25,29,37H,13-14H2,1-2H3/t18-,25-/m0/s1. The fourth-order valence-corrected chi connectivity index (χ4v) is 7.86. The van der Waals surface area contributed by atoms with Gasteiger partial charge in [0.2, 0.25) is 10.0 Å². The first-order valence-corrected chi connectivity index (χ1v) is 16.2. The third-order valence-corrected chi connectivity index (χ3v) is 10.2. The first-order valence-electron chi connectivity index (χ1n) is 13.4. The van der Waals surface area contributed by atoms with Crippen molar-refractivity contribution in [3.05, 3.63) is 104 Å². The lowest BCUT2D eigenvalue weighted by Gasteiger charge is -2.32. The normalized spacial score (nSPS) is 18.4. The van der Waals surface area contributed by atoms with E-state index in [4.69, 9.17) is 21.3 Å². The van der Waals surface area contributed by atoms with Crippen LogP contribution in [-0.4, -0.2) is 59.6 Å². The maximum atomic E-state index is 14.1. The SMILES string of the molecule is COC(=O)c1ccc(C)c(S(=O)(=O)N[C@H]2CC3=C(c4ccn(C(F)F)n4)[C@H](c4ccc(F)cc4Cl)N=C(c4nccs4)N3C2)c1. The Morgan fingerprint density at radius 1 is 1.20 bits per heavy atom. The van der Waals surface area contributed by atoms with Crippen molar-refractivity contribution in [3.63, 3.8) is 0 Å². The third-order valence-electron chi connectivity index (χ3n) is 7.45. The van der Waals surface area contributed by atoms with Gasteiger partial charge in [0, 0.05) is 58.6 Å². The smallest absolute Gasteiger partial charge is 0.337 e. The molecule has 0 saturated carbocycles. The van der Waals surface area contributed by atoms with Gasteiger partial charge in [-0.1, -0.05) is 23.7 Å². The van der Waals surface area contributed by atoms with Crippen LogP contribution in [0.2, 0.25) is 5.02 Å². The van der Waals surface area contributed by atoms with Crippen molar-refractivity contribution in [3.8, 4) is 0 Å². The molecule has 10 nitrogen and oxygen atoms in total. The summed E-state index contributed by atoms with van der Waals surface area (Å²) in [4.78, 5) is 23.2. The Kier molecular flexibility index (Phi) is 8.28. The molecule has 2 aliphatic rings. The van der Waals surface area contributed by atoms with E-state index in [0.717, 1.165) is 12.3 Å². The van der Waals surface area contributed by atoms with Crippen LogP contribution in [0.3, 0.4) is 0 Å². The Balaban J connectivity index is 1.47. The van der Waals surface area contributed by atoms with Gasteiger partial charge >= 0.3 is 12.5 Å². The number of thiazole rings is 1. The van der Waals surface area contributed by atoms with Crippen LogP contribution in [0.25, 0.3) is 5.57 Å². The number of esters is 1. The number of methoxy groups -OCH3 is 1. The molecule has 1 saturated heterocycles. The molecule has 1 N–H and O–H groups in total. The summed E-state index contributed by atoms with van der Waals surface area (Å²) in [5, 5.41) is 6.45. The summed E-state index contributed by atoms with van der Waals surface area (Å²) >= 11 is 7.81. The summed E-state index contributed by atoms with van der Waals surface area (Å²) in [5.41, 5.74) is 2.04. The second kappa shape index (κ2) is 12.0. The molecule has 0 spiro atoms. The van der Waals surface area contributed by atoms with Gasteiger partial charge in [-0.05, 0) is 42.8 Å². The van der Waals surface area contributed by atoms with Crippen molar-refractivity contribution in [1.82, 2.24) is 24.4 Å². The number of sulfonamides is 1. The van der Waals surface area contributed by atoms with Crippen LogP contribution >= 0.6 is 22.9 Å². The van der Waals surface area contributed by atoms with E-state index in [9.17, 15) is 26.4 Å². The minimum atomic E-state index is -4.16. The summed E-state index contributed by atoms with van der Waals surface area (Å²) in [6.07, 6.45) is 2.85. The van der Waals surface area contributed by atoms with Gasteiger partial charge in [-0.3, -0.25) is 4.99 Å². The Labute approximate surface area is 264 Å². The van der Waals surface area contributed by atoms with Crippen molar-refractivity contribution in [1.29, 1.82) is 0 Å². The molecule has 0 unspecified atom stereocenters. The highest BCUT2D eigenvalue weighted by Crippen LogP contribution is 2.46. The fourth-order valence-electron chi connectivity index (χ4n) is 5.45. The Bertz CT molecular complexity index is 1960. The Morgan fingerprint density at radius 2 is 2.00 bits per heavy atom. The minimum Gasteiger partial charge on any atom is -0.465 e. The number of alkyl halides is 2. The van der Waals surface area contributed by atoms with Gasteiger partial charge in [-0.15, -0.1) is 11.3 Å². The van der Waals surface area contributed by atoms with Crippen molar-refractivity contribution in [2.24, 2.45) is 4.99 Å². The van der Waals surface area contributed by atoms with E-state index in [-0.39, 0.29) is 34.1 Å². The number of hydrogen-bond donors (Lipinski definition) is 1. The lowest BCUT2D eigenvalue weighted by Crippen LogP contribution is -2.39. The maximum Gasteiger partial charge on any atom is 0.337 e. The van der Waals surface area contributed by atoms with Gasteiger partial charge in [0.05, 0.1) is 23.3 Å². The summed E-state index contributed by atoms with van der Waals surface area (Å²) in [7, 11) is -2.96. The fraction of sp³-hybridized carbons (Fsp3) is 0.241. The van der Waals surface area contributed by atoms with Crippen LogP contribution in [0.4, 0.5) is 13.2 Å². The average molecular weight is 677 g/mol. The van der Waals surface area contributed by atoms with Crippen LogP contribution in [0.1, 0.15) is 51.2 Å². The molecule has 4 heterocycles.